The van der Waals surface area contributed by atoms with E-state index in [1.807, 2.05) is 4.90 Å². The average Bonchev–Trinajstić information content (AvgIpc) is 2.41. The first kappa shape index (κ1) is 13.8. The summed E-state index contributed by atoms with van der Waals surface area (Å²) in [6.45, 7) is 6.47. The Hall–Kier alpha value is -0.650. The van der Waals surface area contributed by atoms with Crippen molar-refractivity contribution in [1.29, 1.82) is 0 Å². The molecule has 0 aromatic heterocycles. The number of amides is 1. The van der Waals surface area contributed by atoms with Crippen LogP contribution >= 0.6 is 0 Å². The Bertz CT molecular complexity index is 267. The van der Waals surface area contributed by atoms with Gasteiger partial charge in [0.15, 0.2) is 0 Å². The van der Waals surface area contributed by atoms with Crippen LogP contribution in [0.25, 0.3) is 0 Å². The smallest absolute Gasteiger partial charge is 0.239 e. The predicted octanol–water partition coefficient (Wildman–Crippen LogP) is 0.392. The lowest BCUT2D eigenvalue weighted by atomic mass is 10.0. The van der Waals surface area contributed by atoms with Crippen LogP contribution in [0.4, 0.5) is 0 Å². The topological polar surface area (TPSA) is 50.8 Å². The molecule has 0 radical (unpaired) electrons. The minimum atomic E-state index is 0.00297. The van der Waals surface area contributed by atoms with E-state index in [0.717, 1.165) is 32.4 Å². The second-order valence-corrected chi connectivity index (χ2v) is 5.00. The number of rotatable bonds is 5. The molecule has 0 saturated carbocycles. The normalized spacial score (nSPS) is 29.6. The van der Waals surface area contributed by atoms with E-state index in [9.17, 15) is 4.79 Å². The van der Waals surface area contributed by atoms with Crippen LogP contribution in [-0.2, 0) is 14.3 Å². The summed E-state index contributed by atoms with van der Waals surface area (Å²) in [6.07, 6.45) is 3.13. The fourth-order valence-corrected chi connectivity index (χ4v) is 2.52. The quantitative estimate of drug-likeness (QED) is 0.773. The first-order chi connectivity index (χ1) is 8.81. The zero-order valence-corrected chi connectivity index (χ0v) is 11.2. The standard InChI is InChI=1S/C13H24N2O3/c1-2-5-14-12-4-3-6-15(13(12)16)9-11-10-17-7-8-18-11/h11-12,14H,2-10H2,1H3. The van der Waals surface area contributed by atoms with Crippen LogP contribution < -0.4 is 5.32 Å². The Morgan fingerprint density at radius 2 is 2.33 bits per heavy atom. The third-order valence-electron chi connectivity index (χ3n) is 3.48. The number of carbonyl (C=O) groups is 1. The summed E-state index contributed by atoms with van der Waals surface area (Å²) in [7, 11) is 0. The molecule has 2 aliphatic rings. The van der Waals surface area contributed by atoms with Gasteiger partial charge in [0, 0.05) is 13.1 Å². The molecule has 1 N–H and O–H groups in total. The highest BCUT2D eigenvalue weighted by atomic mass is 16.6. The Morgan fingerprint density at radius 3 is 3.06 bits per heavy atom. The number of ether oxygens (including phenoxy) is 2. The van der Waals surface area contributed by atoms with Crippen LogP contribution in [0, 0.1) is 0 Å². The maximum absolute atomic E-state index is 12.3. The van der Waals surface area contributed by atoms with Crippen molar-refractivity contribution in [2.24, 2.45) is 0 Å². The Labute approximate surface area is 109 Å². The second-order valence-electron chi connectivity index (χ2n) is 5.00. The molecule has 0 aliphatic carbocycles. The van der Waals surface area contributed by atoms with Crippen LogP contribution in [0.15, 0.2) is 0 Å². The van der Waals surface area contributed by atoms with Crippen molar-refractivity contribution < 1.29 is 14.3 Å². The van der Waals surface area contributed by atoms with Gasteiger partial charge >= 0.3 is 0 Å². The molecule has 2 saturated heterocycles. The molecule has 2 atom stereocenters. The van der Waals surface area contributed by atoms with Crippen LogP contribution in [0.3, 0.4) is 0 Å². The third kappa shape index (κ3) is 3.67. The van der Waals surface area contributed by atoms with E-state index in [0.29, 0.717) is 26.4 Å². The zero-order valence-electron chi connectivity index (χ0n) is 11.2. The molecule has 2 rings (SSSR count). The van der Waals surface area contributed by atoms with E-state index in [4.69, 9.17) is 9.47 Å². The van der Waals surface area contributed by atoms with E-state index in [2.05, 4.69) is 12.2 Å². The third-order valence-corrected chi connectivity index (χ3v) is 3.48. The van der Waals surface area contributed by atoms with Crippen LogP contribution in [0.2, 0.25) is 0 Å². The van der Waals surface area contributed by atoms with E-state index in [-0.39, 0.29) is 18.1 Å². The second kappa shape index (κ2) is 7.07. The maximum atomic E-state index is 12.3. The van der Waals surface area contributed by atoms with Crippen molar-refractivity contribution in [3.8, 4) is 0 Å². The molecule has 5 heteroatoms. The van der Waals surface area contributed by atoms with Crippen LogP contribution in [0.1, 0.15) is 26.2 Å². The molecular formula is C13H24N2O3. The molecule has 2 unspecified atom stereocenters. The Kier molecular flexibility index (Phi) is 5.41. The van der Waals surface area contributed by atoms with Gasteiger partial charge in [0.25, 0.3) is 0 Å². The lowest BCUT2D eigenvalue weighted by Gasteiger charge is -2.35. The van der Waals surface area contributed by atoms with E-state index in [1.54, 1.807) is 0 Å². The molecular weight excluding hydrogens is 232 g/mol. The summed E-state index contributed by atoms with van der Waals surface area (Å²) >= 11 is 0. The van der Waals surface area contributed by atoms with E-state index in [1.165, 1.54) is 0 Å². The number of nitrogens with zero attached hydrogens (tertiary/aromatic N) is 1. The monoisotopic (exact) mass is 256 g/mol. The molecule has 2 heterocycles. The SMILES string of the molecule is CCCNC1CCCN(CC2COCCO2)C1=O. The van der Waals surface area contributed by atoms with Gasteiger partial charge in [-0.25, -0.2) is 0 Å². The van der Waals surface area contributed by atoms with Crippen molar-refractivity contribution >= 4 is 5.91 Å². The van der Waals surface area contributed by atoms with Gasteiger partial charge in [-0.05, 0) is 25.8 Å². The number of hydrogen-bond acceptors (Lipinski definition) is 4. The lowest BCUT2D eigenvalue weighted by molar-refractivity contribution is -0.143. The average molecular weight is 256 g/mol. The first-order valence-corrected chi connectivity index (χ1v) is 7.02. The van der Waals surface area contributed by atoms with Crippen molar-refractivity contribution in [3.05, 3.63) is 0 Å². The highest BCUT2D eigenvalue weighted by Crippen LogP contribution is 2.14. The maximum Gasteiger partial charge on any atom is 0.239 e. The molecule has 104 valence electrons. The van der Waals surface area contributed by atoms with Gasteiger partial charge in [0.05, 0.1) is 32.0 Å². The van der Waals surface area contributed by atoms with Gasteiger partial charge in [-0.15, -0.1) is 0 Å². The van der Waals surface area contributed by atoms with E-state index < -0.39 is 0 Å². The summed E-state index contributed by atoms with van der Waals surface area (Å²) in [4.78, 5) is 14.2. The zero-order chi connectivity index (χ0) is 12.8. The van der Waals surface area contributed by atoms with Gasteiger partial charge in [-0.2, -0.15) is 0 Å². The van der Waals surface area contributed by atoms with Crippen molar-refractivity contribution in [1.82, 2.24) is 10.2 Å². The molecule has 5 nitrogen and oxygen atoms in total. The Balaban J connectivity index is 1.81. The summed E-state index contributed by atoms with van der Waals surface area (Å²) in [5, 5.41) is 3.32. The van der Waals surface area contributed by atoms with Crippen molar-refractivity contribution in [2.75, 3.05) is 39.5 Å². The molecule has 0 aromatic carbocycles. The van der Waals surface area contributed by atoms with Gasteiger partial charge in [-0.3, -0.25) is 4.79 Å². The Morgan fingerprint density at radius 1 is 1.44 bits per heavy atom. The summed E-state index contributed by atoms with van der Waals surface area (Å²) < 4.78 is 11.0. The van der Waals surface area contributed by atoms with Gasteiger partial charge in [0.2, 0.25) is 5.91 Å². The molecule has 2 aliphatic heterocycles. The van der Waals surface area contributed by atoms with Gasteiger partial charge < -0.3 is 19.7 Å². The highest BCUT2D eigenvalue weighted by molar-refractivity contribution is 5.82. The number of carbonyl (C=O) groups excluding carboxylic acids is 1. The summed E-state index contributed by atoms with van der Waals surface area (Å²) in [5.74, 6) is 0.226. The molecule has 0 aromatic rings. The predicted molar refractivity (Wildman–Crippen MR) is 68.5 cm³/mol. The fraction of sp³-hybridized carbons (Fsp3) is 0.923. The number of nitrogens with one attached hydrogen (secondary N) is 1. The summed E-state index contributed by atoms with van der Waals surface area (Å²) in [6, 6.07) is 0.00297. The first-order valence-electron chi connectivity index (χ1n) is 7.02. The largest absolute Gasteiger partial charge is 0.376 e. The molecule has 18 heavy (non-hydrogen) atoms. The highest BCUT2D eigenvalue weighted by Gasteiger charge is 2.30. The number of hydrogen-bond donors (Lipinski definition) is 1. The lowest BCUT2D eigenvalue weighted by Crippen LogP contribution is -2.53. The minimum absolute atomic E-state index is 0.00297. The van der Waals surface area contributed by atoms with E-state index >= 15 is 0 Å². The van der Waals surface area contributed by atoms with Crippen LogP contribution in [-0.4, -0.2) is 62.4 Å². The number of piperidine rings is 1. The van der Waals surface area contributed by atoms with Gasteiger partial charge in [-0.1, -0.05) is 6.92 Å². The molecule has 2 fully saturated rings. The van der Waals surface area contributed by atoms with Crippen LogP contribution in [0.5, 0.6) is 0 Å². The summed E-state index contributed by atoms with van der Waals surface area (Å²) in [5.41, 5.74) is 0. The van der Waals surface area contributed by atoms with Gasteiger partial charge in [0.1, 0.15) is 0 Å². The van der Waals surface area contributed by atoms with Crippen molar-refractivity contribution in [3.63, 3.8) is 0 Å². The molecule has 0 bridgehead atoms. The molecule has 0 spiro atoms. The number of likely N-dealkylation sites (tertiary alicyclic amines) is 1. The fourth-order valence-electron chi connectivity index (χ4n) is 2.52. The molecule has 1 amide bonds. The van der Waals surface area contributed by atoms with Crippen molar-refractivity contribution in [2.45, 2.75) is 38.3 Å². The minimum Gasteiger partial charge on any atom is -0.376 e.